The van der Waals surface area contributed by atoms with Crippen LogP contribution in [0.15, 0.2) is 23.1 Å². The van der Waals surface area contributed by atoms with E-state index in [4.69, 9.17) is 5.73 Å². The molecule has 94 valence electrons. The van der Waals surface area contributed by atoms with Crippen molar-refractivity contribution in [3.8, 4) is 0 Å². The molecule has 2 rings (SSSR count). The van der Waals surface area contributed by atoms with Crippen LogP contribution in [0.2, 0.25) is 0 Å². The van der Waals surface area contributed by atoms with Crippen LogP contribution in [-0.4, -0.2) is 14.5 Å². The molecule has 1 atom stereocenters. The highest BCUT2D eigenvalue weighted by Crippen LogP contribution is 2.45. The number of nitrogens with two attached hydrogens (primary N) is 1. The number of hydrogen-bond donors (Lipinski definition) is 2. The van der Waals surface area contributed by atoms with Crippen LogP contribution in [0, 0.1) is 12.3 Å². The van der Waals surface area contributed by atoms with Crippen molar-refractivity contribution in [1.29, 1.82) is 0 Å². The minimum Gasteiger partial charge on any atom is -0.399 e. The van der Waals surface area contributed by atoms with Crippen molar-refractivity contribution < 1.29 is 8.42 Å². The molecular formula is C12H18N2O2S. The summed E-state index contributed by atoms with van der Waals surface area (Å²) in [5.41, 5.74) is 6.88. The van der Waals surface area contributed by atoms with E-state index < -0.39 is 10.0 Å². The summed E-state index contributed by atoms with van der Waals surface area (Å²) < 4.78 is 27.1. The molecule has 0 aromatic heterocycles. The van der Waals surface area contributed by atoms with Gasteiger partial charge in [0, 0.05) is 11.7 Å². The highest BCUT2D eigenvalue weighted by Gasteiger charge is 2.48. The van der Waals surface area contributed by atoms with E-state index in [2.05, 4.69) is 4.72 Å². The lowest BCUT2D eigenvalue weighted by atomic mass is 10.2. The van der Waals surface area contributed by atoms with Gasteiger partial charge in [-0.3, -0.25) is 0 Å². The molecule has 17 heavy (non-hydrogen) atoms. The molecular weight excluding hydrogens is 236 g/mol. The molecule has 1 aromatic rings. The van der Waals surface area contributed by atoms with Crippen LogP contribution in [0.3, 0.4) is 0 Å². The van der Waals surface area contributed by atoms with Crippen LogP contribution in [0.4, 0.5) is 5.69 Å². The fraction of sp³-hybridized carbons (Fsp3) is 0.500. The van der Waals surface area contributed by atoms with Crippen LogP contribution < -0.4 is 10.5 Å². The lowest BCUT2D eigenvalue weighted by Crippen LogP contribution is -2.29. The number of rotatable bonds is 3. The summed E-state index contributed by atoms with van der Waals surface area (Å²) in [6, 6.07) is 4.97. The molecule has 0 amide bonds. The van der Waals surface area contributed by atoms with Gasteiger partial charge in [0.25, 0.3) is 0 Å². The molecule has 1 aliphatic rings. The van der Waals surface area contributed by atoms with Gasteiger partial charge < -0.3 is 5.73 Å². The predicted molar refractivity (Wildman–Crippen MR) is 68.1 cm³/mol. The first-order chi connectivity index (χ1) is 7.72. The lowest BCUT2D eigenvalue weighted by Gasteiger charge is -2.11. The third kappa shape index (κ3) is 2.45. The minimum atomic E-state index is -3.45. The van der Waals surface area contributed by atoms with Gasteiger partial charge >= 0.3 is 0 Å². The van der Waals surface area contributed by atoms with Crippen LogP contribution >= 0.6 is 0 Å². The topological polar surface area (TPSA) is 72.2 Å². The highest BCUT2D eigenvalue weighted by atomic mass is 32.2. The molecule has 4 nitrogen and oxygen atoms in total. The monoisotopic (exact) mass is 254 g/mol. The summed E-state index contributed by atoms with van der Waals surface area (Å²) in [5, 5.41) is 0. The fourth-order valence-electron chi connectivity index (χ4n) is 1.83. The number of aryl methyl sites for hydroxylation is 1. The van der Waals surface area contributed by atoms with Crippen molar-refractivity contribution in [2.45, 2.75) is 38.1 Å². The Balaban J connectivity index is 2.29. The zero-order chi connectivity index (χ0) is 12.8. The maximum Gasteiger partial charge on any atom is 0.241 e. The number of nitrogens with one attached hydrogen (secondary N) is 1. The maximum atomic E-state index is 12.2. The largest absolute Gasteiger partial charge is 0.399 e. The maximum absolute atomic E-state index is 12.2. The van der Waals surface area contributed by atoms with E-state index in [9.17, 15) is 8.42 Å². The molecule has 5 heteroatoms. The molecule has 1 aliphatic carbocycles. The average Bonchev–Trinajstić information content (AvgIpc) is 2.76. The Morgan fingerprint density at radius 2 is 2.00 bits per heavy atom. The molecule has 0 saturated heterocycles. The Kier molecular flexibility index (Phi) is 2.71. The van der Waals surface area contributed by atoms with E-state index in [1.807, 2.05) is 13.8 Å². The highest BCUT2D eigenvalue weighted by molar-refractivity contribution is 7.89. The zero-order valence-electron chi connectivity index (χ0n) is 10.3. The van der Waals surface area contributed by atoms with Gasteiger partial charge in [0.2, 0.25) is 10.0 Å². The van der Waals surface area contributed by atoms with E-state index in [0.717, 1.165) is 6.42 Å². The number of nitrogen functional groups attached to an aromatic ring is 1. The van der Waals surface area contributed by atoms with Gasteiger partial charge in [0.05, 0.1) is 4.90 Å². The smallest absolute Gasteiger partial charge is 0.241 e. The zero-order valence-corrected chi connectivity index (χ0v) is 11.1. The van der Waals surface area contributed by atoms with E-state index in [0.29, 0.717) is 11.3 Å². The summed E-state index contributed by atoms with van der Waals surface area (Å²) in [6.45, 7) is 5.87. The first-order valence-corrected chi connectivity index (χ1v) is 7.09. The molecule has 0 aliphatic heterocycles. The van der Waals surface area contributed by atoms with Crippen LogP contribution in [0.5, 0.6) is 0 Å². The molecule has 0 heterocycles. The van der Waals surface area contributed by atoms with Gasteiger partial charge in [-0.05, 0) is 36.5 Å². The Bertz CT molecular complexity index is 550. The molecule has 1 aromatic carbocycles. The molecule has 1 unspecified atom stereocenters. The predicted octanol–water partition coefficient (Wildman–Crippen LogP) is 1.65. The Labute approximate surface area is 102 Å². The van der Waals surface area contributed by atoms with Gasteiger partial charge in [0.15, 0.2) is 0 Å². The van der Waals surface area contributed by atoms with Crippen molar-refractivity contribution in [1.82, 2.24) is 4.72 Å². The normalized spacial score (nSPS) is 22.4. The summed E-state index contributed by atoms with van der Waals surface area (Å²) in [5.74, 6) is 0. The third-order valence-corrected chi connectivity index (χ3v) is 4.93. The minimum absolute atomic E-state index is 0.0355. The Morgan fingerprint density at radius 1 is 1.41 bits per heavy atom. The first-order valence-electron chi connectivity index (χ1n) is 5.61. The number of hydrogen-bond acceptors (Lipinski definition) is 3. The molecule has 0 bridgehead atoms. The van der Waals surface area contributed by atoms with Crippen molar-refractivity contribution in [3.63, 3.8) is 0 Å². The molecule has 1 fully saturated rings. The molecule has 3 N–H and O–H groups in total. The Morgan fingerprint density at radius 3 is 2.53 bits per heavy atom. The van der Waals surface area contributed by atoms with E-state index in [1.165, 1.54) is 6.07 Å². The standard InChI is InChI=1S/C12H18N2O2S/c1-8-4-5-9(13)6-10(8)17(15,16)14-11-7-12(11,2)3/h4-6,11,14H,7,13H2,1-3H3. The van der Waals surface area contributed by atoms with Crippen molar-refractivity contribution >= 4 is 15.7 Å². The van der Waals surface area contributed by atoms with E-state index in [-0.39, 0.29) is 16.4 Å². The Hall–Kier alpha value is -1.07. The number of benzene rings is 1. The third-order valence-electron chi connectivity index (χ3n) is 3.31. The van der Waals surface area contributed by atoms with Gasteiger partial charge in [-0.25, -0.2) is 13.1 Å². The molecule has 0 radical (unpaired) electrons. The summed E-state index contributed by atoms with van der Waals surface area (Å²) in [4.78, 5) is 0.278. The fourth-order valence-corrected chi connectivity index (χ4v) is 3.51. The average molecular weight is 254 g/mol. The summed E-state index contributed by atoms with van der Waals surface area (Å²) in [7, 11) is -3.45. The van der Waals surface area contributed by atoms with Crippen LogP contribution in [0.25, 0.3) is 0 Å². The number of sulfonamides is 1. The molecule has 0 spiro atoms. The summed E-state index contributed by atoms with van der Waals surface area (Å²) in [6.07, 6.45) is 0.883. The van der Waals surface area contributed by atoms with Gasteiger partial charge in [-0.15, -0.1) is 0 Å². The first kappa shape index (κ1) is 12.4. The van der Waals surface area contributed by atoms with Gasteiger partial charge in [-0.2, -0.15) is 0 Å². The lowest BCUT2D eigenvalue weighted by molar-refractivity contribution is 0.554. The van der Waals surface area contributed by atoms with E-state index >= 15 is 0 Å². The van der Waals surface area contributed by atoms with E-state index in [1.54, 1.807) is 19.1 Å². The van der Waals surface area contributed by atoms with Crippen molar-refractivity contribution in [2.75, 3.05) is 5.73 Å². The summed E-state index contributed by atoms with van der Waals surface area (Å²) >= 11 is 0. The van der Waals surface area contributed by atoms with Crippen molar-refractivity contribution in [3.05, 3.63) is 23.8 Å². The van der Waals surface area contributed by atoms with Crippen LogP contribution in [0.1, 0.15) is 25.8 Å². The van der Waals surface area contributed by atoms with Crippen molar-refractivity contribution in [2.24, 2.45) is 5.41 Å². The van der Waals surface area contributed by atoms with Crippen LogP contribution in [-0.2, 0) is 10.0 Å². The number of anilines is 1. The van der Waals surface area contributed by atoms with Gasteiger partial charge in [0.1, 0.15) is 0 Å². The van der Waals surface area contributed by atoms with Gasteiger partial charge in [-0.1, -0.05) is 19.9 Å². The SMILES string of the molecule is Cc1ccc(N)cc1S(=O)(=O)NC1CC1(C)C. The quantitative estimate of drug-likeness (QED) is 0.806. The second-order valence-electron chi connectivity index (χ2n) is 5.39. The molecule has 1 saturated carbocycles. The second kappa shape index (κ2) is 3.71. The second-order valence-corrected chi connectivity index (χ2v) is 7.07.